The maximum atomic E-state index is 12.9. The van der Waals surface area contributed by atoms with Crippen LogP contribution in [0, 0.1) is 6.92 Å². The minimum absolute atomic E-state index is 0.0563. The quantitative estimate of drug-likeness (QED) is 0.849. The topological polar surface area (TPSA) is 41.6 Å². The average molecular weight is 338 g/mol. The van der Waals surface area contributed by atoms with Crippen molar-refractivity contribution in [3.8, 4) is 0 Å². The Morgan fingerprint density at radius 1 is 1.16 bits per heavy atom. The molecule has 1 saturated heterocycles. The van der Waals surface area contributed by atoms with Gasteiger partial charge in [0.05, 0.1) is 12.2 Å². The molecule has 1 N–H and O–H groups in total. The number of rotatable bonds is 6. The Bertz CT molecular complexity index is 736. The van der Waals surface area contributed by atoms with Gasteiger partial charge in [-0.2, -0.15) is 0 Å². The number of anilines is 2. The summed E-state index contributed by atoms with van der Waals surface area (Å²) < 4.78 is 5.45. The minimum Gasteiger partial charge on any atom is -0.377 e. The number of nitrogens with zero attached hydrogens (tertiary/aromatic N) is 1. The van der Waals surface area contributed by atoms with Crippen LogP contribution in [0.15, 0.2) is 42.5 Å². The summed E-state index contributed by atoms with van der Waals surface area (Å²) in [6.07, 6.45) is 2.38. The molecule has 0 spiro atoms. The summed E-state index contributed by atoms with van der Waals surface area (Å²) in [6.45, 7) is 7.28. The molecule has 1 aliphatic heterocycles. The van der Waals surface area contributed by atoms with Crippen molar-refractivity contribution < 1.29 is 9.53 Å². The van der Waals surface area contributed by atoms with E-state index in [2.05, 4.69) is 22.3 Å². The molecule has 0 saturated carbocycles. The molecule has 0 unspecified atom stereocenters. The number of carbonyl (C=O) groups is 1. The van der Waals surface area contributed by atoms with E-state index in [4.69, 9.17) is 4.74 Å². The molecule has 0 radical (unpaired) electrons. The van der Waals surface area contributed by atoms with Crippen LogP contribution in [0.2, 0.25) is 0 Å². The van der Waals surface area contributed by atoms with E-state index in [1.54, 1.807) is 0 Å². The average Bonchev–Trinajstić information content (AvgIpc) is 3.14. The number of ether oxygens (including phenoxy) is 1. The highest BCUT2D eigenvalue weighted by molar-refractivity contribution is 6.08. The molecule has 3 rings (SSSR count). The van der Waals surface area contributed by atoms with Crippen LogP contribution in [-0.2, 0) is 11.3 Å². The first-order valence-corrected chi connectivity index (χ1v) is 9.01. The Morgan fingerprint density at radius 3 is 2.72 bits per heavy atom. The first-order valence-electron chi connectivity index (χ1n) is 9.01. The van der Waals surface area contributed by atoms with E-state index < -0.39 is 0 Å². The van der Waals surface area contributed by atoms with Gasteiger partial charge in [-0.05, 0) is 56.5 Å². The third-order valence-electron chi connectivity index (χ3n) is 4.50. The molecule has 4 heteroatoms. The molecule has 2 aromatic carbocycles. The van der Waals surface area contributed by atoms with Crippen LogP contribution in [0.4, 0.5) is 11.4 Å². The third-order valence-corrected chi connectivity index (χ3v) is 4.50. The molecule has 0 bridgehead atoms. The van der Waals surface area contributed by atoms with Crippen molar-refractivity contribution in [2.75, 3.05) is 29.9 Å². The van der Waals surface area contributed by atoms with Crippen molar-refractivity contribution in [2.24, 2.45) is 0 Å². The second-order valence-corrected chi connectivity index (χ2v) is 6.51. The predicted molar refractivity (Wildman–Crippen MR) is 102 cm³/mol. The summed E-state index contributed by atoms with van der Waals surface area (Å²) >= 11 is 0. The zero-order valence-corrected chi connectivity index (χ0v) is 15.0. The van der Waals surface area contributed by atoms with Gasteiger partial charge in [0, 0.05) is 31.1 Å². The van der Waals surface area contributed by atoms with Gasteiger partial charge in [0.1, 0.15) is 0 Å². The molecule has 0 aromatic heterocycles. The van der Waals surface area contributed by atoms with Crippen molar-refractivity contribution in [1.29, 1.82) is 0 Å². The van der Waals surface area contributed by atoms with E-state index in [-0.39, 0.29) is 5.91 Å². The Morgan fingerprint density at radius 2 is 1.96 bits per heavy atom. The molecule has 25 heavy (non-hydrogen) atoms. The fraction of sp³-hybridized carbons (Fsp3) is 0.381. The van der Waals surface area contributed by atoms with Crippen molar-refractivity contribution in [2.45, 2.75) is 33.3 Å². The Kier molecular flexibility index (Phi) is 5.71. The summed E-state index contributed by atoms with van der Waals surface area (Å²) in [5.41, 5.74) is 4.74. The second kappa shape index (κ2) is 8.17. The fourth-order valence-corrected chi connectivity index (χ4v) is 3.22. The highest BCUT2D eigenvalue weighted by Gasteiger charge is 2.19. The lowest BCUT2D eigenvalue weighted by molar-refractivity contribution is 0.102. The van der Waals surface area contributed by atoms with Crippen LogP contribution in [0.25, 0.3) is 0 Å². The molecule has 0 aliphatic carbocycles. The van der Waals surface area contributed by atoms with Gasteiger partial charge in [0.25, 0.3) is 5.91 Å². The van der Waals surface area contributed by atoms with Crippen LogP contribution in [-0.4, -0.2) is 25.6 Å². The highest BCUT2D eigenvalue weighted by atomic mass is 16.5. The van der Waals surface area contributed by atoms with E-state index in [1.165, 1.54) is 12.8 Å². The van der Waals surface area contributed by atoms with Gasteiger partial charge in [-0.1, -0.05) is 23.8 Å². The largest absolute Gasteiger partial charge is 0.377 e. The van der Waals surface area contributed by atoms with Crippen LogP contribution in [0.5, 0.6) is 0 Å². The molecule has 1 aliphatic rings. The van der Waals surface area contributed by atoms with E-state index in [0.29, 0.717) is 13.2 Å². The third kappa shape index (κ3) is 4.40. The van der Waals surface area contributed by atoms with E-state index in [1.807, 2.05) is 44.2 Å². The summed E-state index contributed by atoms with van der Waals surface area (Å²) in [5, 5.41) is 3.04. The second-order valence-electron chi connectivity index (χ2n) is 6.51. The minimum atomic E-state index is -0.0563. The maximum absolute atomic E-state index is 12.9. The van der Waals surface area contributed by atoms with Crippen molar-refractivity contribution in [3.05, 3.63) is 59.2 Å². The van der Waals surface area contributed by atoms with Crippen molar-refractivity contribution in [1.82, 2.24) is 0 Å². The number of carbonyl (C=O) groups excluding carboxylic acids is 1. The lowest BCUT2D eigenvalue weighted by Crippen LogP contribution is -2.23. The number of hydrogen-bond acceptors (Lipinski definition) is 3. The standard InChI is InChI=1S/C21H26N2O2/c1-3-25-15-17-7-6-8-18(14-17)22-21(24)19-13-16(2)9-10-20(19)23-11-4-5-12-23/h6-10,13-14H,3-5,11-12,15H2,1-2H3,(H,22,24). The smallest absolute Gasteiger partial charge is 0.257 e. The molecule has 132 valence electrons. The summed E-state index contributed by atoms with van der Waals surface area (Å²) in [4.78, 5) is 15.2. The van der Waals surface area contributed by atoms with Gasteiger partial charge in [0.15, 0.2) is 0 Å². The predicted octanol–water partition coefficient (Wildman–Crippen LogP) is 4.38. The lowest BCUT2D eigenvalue weighted by Gasteiger charge is -2.21. The highest BCUT2D eigenvalue weighted by Crippen LogP contribution is 2.26. The van der Waals surface area contributed by atoms with Crippen LogP contribution < -0.4 is 10.2 Å². The molecule has 2 aromatic rings. The van der Waals surface area contributed by atoms with E-state index in [0.717, 1.165) is 41.2 Å². The van der Waals surface area contributed by atoms with Crippen LogP contribution >= 0.6 is 0 Å². The van der Waals surface area contributed by atoms with Crippen molar-refractivity contribution >= 4 is 17.3 Å². The maximum Gasteiger partial charge on any atom is 0.257 e. The Hall–Kier alpha value is -2.33. The summed E-state index contributed by atoms with van der Waals surface area (Å²) in [6, 6.07) is 14.0. The molecular weight excluding hydrogens is 312 g/mol. The summed E-state index contributed by atoms with van der Waals surface area (Å²) in [7, 11) is 0. The Labute approximate surface area is 149 Å². The van der Waals surface area contributed by atoms with Gasteiger partial charge in [-0.25, -0.2) is 0 Å². The number of benzene rings is 2. The van der Waals surface area contributed by atoms with Crippen LogP contribution in [0.1, 0.15) is 41.3 Å². The molecule has 1 amide bonds. The molecule has 1 heterocycles. The zero-order chi connectivity index (χ0) is 17.6. The van der Waals surface area contributed by atoms with E-state index in [9.17, 15) is 4.79 Å². The molecular formula is C21H26N2O2. The van der Waals surface area contributed by atoms with Crippen LogP contribution in [0.3, 0.4) is 0 Å². The SMILES string of the molecule is CCOCc1cccc(NC(=O)c2cc(C)ccc2N2CCCC2)c1. The van der Waals surface area contributed by atoms with Gasteiger partial charge >= 0.3 is 0 Å². The van der Waals surface area contributed by atoms with Crippen molar-refractivity contribution in [3.63, 3.8) is 0 Å². The number of hydrogen-bond donors (Lipinski definition) is 1. The lowest BCUT2D eigenvalue weighted by atomic mass is 10.1. The number of amides is 1. The monoisotopic (exact) mass is 338 g/mol. The van der Waals surface area contributed by atoms with Gasteiger partial charge in [-0.3, -0.25) is 4.79 Å². The summed E-state index contributed by atoms with van der Waals surface area (Å²) in [5.74, 6) is -0.0563. The normalized spacial score (nSPS) is 13.9. The molecule has 4 nitrogen and oxygen atoms in total. The van der Waals surface area contributed by atoms with Gasteiger partial charge in [-0.15, -0.1) is 0 Å². The number of nitrogens with one attached hydrogen (secondary N) is 1. The first kappa shape index (κ1) is 17.5. The molecule has 1 fully saturated rings. The zero-order valence-electron chi connectivity index (χ0n) is 15.0. The van der Waals surface area contributed by atoms with Gasteiger partial charge in [0.2, 0.25) is 0 Å². The fourth-order valence-electron chi connectivity index (χ4n) is 3.22. The first-order chi connectivity index (χ1) is 12.2. The number of aryl methyl sites for hydroxylation is 1. The van der Waals surface area contributed by atoms with E-state index >= 15 is 0 Å². The molecule has 0 atom stereocenters. The Balaban J connectivity index is 1.80. The van der Waals surface area contributed by atoms with Gasteiger partial charge < -0.3 is 15.0 Å².